The number of carbonyl (C=O) groups is 1. The van der Waals surface area contributed by atoms with Crippen LogP contribution in [0, 0.1) is 0 Å². The van der Waals surface area contributed by atoms with Gasteiger partial charge < -0.3 is 10.8 Å². The van der Waals surface area contributed by atoms with Crippen molar-refractivity contribution in [1.29, 1.82) is 0 Å². The lowest BCUT2D eigenvalue weighted by Gasteiger charge is -2.05. The molecule has 4 nitrogen and oxygen atoms in total. The van der Waals surface area contributed by atoms with Crippen molar-refractivity contribution >= 4 is 38.5 Å². The summed E-state index contributed by atoms with van der Waals surface area (Å²) in [6.07, 6.45) is 1.36. The number of aromatic nitrogens is 1. The van der Waals surface area contributed by atoms with Crippen LogP contribution >= 0.6 is 15.9 Å². The maximum atomic E-state index is 11.0. The van der Waals surface area contributed by atoms with Gasteiger partial charge in [-0.2, -0.15) is 0 Å². The number of pyridine rings is 1. The van der Waals surface area contributed by atoms with Crippen LogP contribution in [-0.2, 0) is 0 Å². The molecular formula is C10H7BrN2O2. The fourth-order valence-corrected chi connectivity index (χ4v) is 1.78. The van der Waals surface area contributed by atoms with Crippen molar-refractivity contribution in [3.63, 3.8) is 0 Å². The third kappa shape index (κ3) is 1.66. The molecule has 0 fully saturated rings. The number of nitrogen functional groups attached to an aromatic ring is 1. The van der Waals surface area contributed by atoms with Crippen LogP contribution in [0.15, 0.2) is 28.9 Å². The lowest BCUT2D eigenvalue weighted by Crippen LogP contribution is -2.04. The molecule has 0 bridgehead atoms. The van der Waals surface area contributed by atoms with E-state index in [0.29, 0.717) is 10.9 Å². The summed E-state index contributed by atoms with van der Waals surface area (Å²) in [5.74, 6) is -1.04. The highest BCUT2D eigenvalue weighted by Crippen LogP contribution is 2.25. The summed E-state index contributed by atoms with van der Waals surface area (Å²) in [5, 5.41) is 9.57. The van der Waals surface area contributed by atoms with E-state index >= 15 is 0 Å². The molecule has 15 heavy (non-hydrogen) atoms. The largest absolute Gasteiger partial charge is 0.478 e. The normalized spacial score (nSPS) is 10.5. The zero-order valence-corrected chi connectivity index (χ0v) is 9.15. The van der Waals surface area contributed by atoms with Crippen LogP contribution in [0.2, 0.25) is 0 Å². The highest BCUT2D eigenvalue weighted by molar-refractivity contribution is 9.10. The minimum absolute atomic E-state index is 0.0984. The van der Waals surface area contributed by atoms with Gasteiger partial charge in [-0.25, -0.2) is 4.79 Å². The third-order valence-corrected chi connectivity index (χ3v) is 2.57. The average Bonchev–Trinajstić information content (AvgIpc) is 2.16. The zero-order chi connectivity index (χ0) is 11.0. The monoisotopic (exact) mass is 266 g/mol. The number of aromatic carboxylic acids is 1. The third-order valence-electron chi connectivity index (χ3n) is 2.07. The first kappa shape index (κ1) is 9.92. The Labute approximate surface area is 93.9 Å². The number of carboxylic acids is 1. The van der Waals surface area contributed by atoms with Gasteiger partial charge in [0.2, 0.25) is 0 Å². The van der Waals surface area contributed by atoms with Crippen LogP contribution in [0.4, 0.5) is 5.69 Å². The molecule has 0 saturated heterocycles. The Balaban J connectivity index is 2.90. The molecule has 1 aromatic carbocycles. The van der Waals surface area contributed by atoms with E-state index in [2.05, 4.69) is 20.9 Å². The second-order valence-electron chi connectivity index (χ2n) is 3.06. The zero-order valence-electron chi connectivity index (χ0n) is 7.57. The number of carboxylic acid groups (broad SMARTS) is 1. The fraction of sp³-hybridized carbons (Fsp3) is 0. The van der Waals surface area contributed by atoms with E-state index in [1.807, 2.05) is 0 Å². The van der Waals surface area contributed by atoms with E-state index in [0.717, 1.165) is 4.47 Å². The molecule has 2 rings (SSSR count). The summed E-state index contributed by atoms with van der Waals surface area (Å²) in [6.45, 7) is 0. The van der Waals surface area contributed by atoms with Crippen molar-refractivity contribution < 1.29 is 9.90 Å². The molecule has 1 aromatic heterocycles. The molecule has 1 heterocycles. The van der Waals surface area contributed by atoms with E-state index in [1.54, 1.807) is 18.2 Å². The molecule has 5 heteroatoms. The Hall–Kier alpha value is -1.62. The number of rotatable bonds is 1. The maximum Gasteiger partial charge on any atom is 0.338 e. The SMILES string of the molecule is Nc1cnc2ccc(Br)cc2c1C(=O)O. The molecule has 0 atom stereocenters. The summed E-state index contributed by atoms with van der Waals surface area (Å²) >= 11 is 3.28. The van der Waals surface area contributed by atoms with Gasteiger partial charge in [0.1, 0.15) is 0 Å². The van der Waals surface area contributed by atoms with Crippen molar-refractivity contribution in [1.82, 2.24) is 4.98 Å². The minimum atomic E-state index is -1.04. The molecule has 0 amide bonds. The Kier molecular flexibility index (Phi) is 2.32. The number of anilines is 1. The van der Waals surface area contributed by atoms with Crippen molar-refractivity contribution in [3.05, 3.63) is 34.4 Å². The summed E-state index contributed by atoms with van der Waals surface area (Å²) in [6, 6.07) is 5.24. The first-order valence-electron chi connectivity index (χ1n) is 4.16. The smallest absolute Gasteiger partial charge is 0.338 e. The van der Waals surface area contributed by atoms with Crippen molar-refractivity contribution in [2.45, 2.75) is 0 Å². The Morgan fingerprint density at radius 1 is 1.47 bits per heavy atom. The van der Waals surface area contributed by atoms with Gasteiger partial charge in [0, 0.05) is 9.86 Å². The van der Waals surface area contributed by atoms with Gasteiger partial charge in [-0.1, -0.05) is 15.9 Å². The van der Waals surface area contributed by atoms with Crippen molar-refractivity contribution in [2.24, 2.45) is 0 Å². The predicted octanol–water partition coefficient (Wildman–Crippen LogP) is 2.28. The fourth-order valence-electron chi connectivity index (χ4n) is 1.42. The number of benzene rings is 1. The molecule has 0 radical (unpaired) electrons. The van der Waals surface area contributed by atoms with Crippen LogP contribution in [0.5, 0.6) is 0 Å². The lowest BCUT2D eigenvalue weighted by atomic mass is 10.1. The molecule has 76 valence electrons. The summed E-state index contributed by atoms with van der Waals surface area (Å²) in [5.41, 5.74) is 6.47. The van der Waals surface area contributed by atoms with E-state index in [-0.39, 0.29) is 11.3 Å². The van der Waals surface area contributed by atoms with Crippen LogP contribution in [0.3, 0.4) is 0 Å². The molecule has 0 aliphatic rings. The first-order chi connectivity index (χ1) is 7.09. The van der Waals surface area contributed by atoms with Gasteiger partial charge in [-0.3, -0.25) is 4.98 Å². The molecule has 3 N–H and O–H groups in total. The summed E-state index contributed by atoms with van der Waals surface area (Å²) in [7, 11) is 0. The Morgan fingerprint density at radius 3 is 2.87 bits per heavy atom. The van der Waals surface area contributed by atoms with E-state index in [9.17, 15) is 4.79 Å². The van der Waals surface area contributed by atoms with Crippen LogP contribution in [0.25, 0.3) is 10.9 Å². The Bertz CT molecular complexity index is 549. The lowest BCUT2D eigenvalue weighted by molar-refractivity contribution is 0.0700. The van der Waals surface area contributed by atoms with Gasteiger partial charge in [-0.05, 0) is 18.2 Å². The average molecular weight is 267 g/mol. The topological polar surface area (TPSA) is 76.2 Å². The number of halogens is 1. The molecule has 0 saturated carbocycles. The highest BCUT2D eigenvalue weighted by Gasteiger charge is 2.13. The second kappa shape index (κ2) is 3.51. The van der Waals surface area contributed by atoms with Crippen LogP contribution in [-0.4, -0.2) is 16.1 Å². The van der Waals surface area contributed by atoms with Crippen LogP contribution in [0.1, 0.15) is 10.4 Å². The second-order valence-corrected chi connectivity index (χ2v) is 3.97. The molecule has 0 aliphatic carbocycles. The number of hydrogen-bond acceptors (Lipinski definition) is 3. The molecule has 2 aromatic rings. The number of nitrogens with zero attached hydrogens (tertiary/aromatic N) is 1. The molecule has 0 aliphatic heterocycles. The number of hydrogen-bond donors (Lipinski definition) is 2. The minimum Gasteiger partial charge on any atom is -0.478 e. The highest BCUT2D eigenvalue weighted by atomic mass is 79.9. The number of fused-ring (bicyclic) bond motifs is 1. The van der Waals surface area contributed by atoms with E-state index in [1.165, 1.54) is 6.20 Å². The van der Waals surface area contributed by atoms with E-state index < -0.39 is 5.97 Å². The van der Waals surface area contributed by atoms with Crippen LogP contribution < -0.4 is 5.73 Å². The first-order valence-corrected chi connectivity index (χ1v) is 4.96. The predicted molar refractivity (Wildman–Crippen MR) is 60.8 cm³/mol. The van der Waals surface area contributed by atoms with Gasteiger partial charge >= 0.3 is 5.97 Å². The van der Waals surface area contributed by atoms with Gasteiger partial charge in [-0.15, -0.1) is 0 Å². The standard InChI is InChI=1S/C10H7BrN2O2/c11-5-1-2-8-6(3-5)9(10(14)15)7(12)4-13-8/h1-4H,12H2,(H,14,15). The summed E-state index contributed by atoms with van der Waals surface area (Å²) < 4.78 is 0.796. The van der Waals surface area contributed by atoms with Crippen molar-refractivity contribution in [3.8, 4) is 0 Å². The molecule has 0 unspecified atom stereocenters. The maximum absolute atomic E-state index is 11.0. The quantitative estimate of drug-likeness (QED) is 0.831. The van der Waals surface area contributed by atoms with Gasteiger partial charge in [0.05, 0.1) is 23.0 Å². The summed E-state index contributed by atoms with van der Waals surface area (Å²) in [4.78, 5) is 15.1. The molecular weight excluding hydrogens is 260 g/mol. The van der Waals surface area contributed by atoms with Gasteiger partial charge in [0.15, 0.2) is 0 Å². The Morgan fingerprint density at radius 2 is 2.20 bits per heavy atom. The molecule has 0 spiro atoms. The van der Waals surface area contributed by atoms with E-state index in [4.69, 9.17) is 10.8 Å². The number of nitrogens with two attached hydrogens (primary N) is 1. The van der Waals surface area contributed by atoms with Crippen molar-refractivity contribution in [2.75, 3.05) is 5.73 Å². The van der Waals surface area contributed by atoms with Gasteiger partial charge in [0.25, 0.3) is 0 Å².